The Kier molecular flexibility index (Phi) is 15.2. The van der Waals surface area contributed by atoms with Gasteiger partial charge in [-0.2, -0.15) is 0 Å². The first kappa shape index (κ1) is 27.6. The Bertz CT molecular complexity index is 704. The van der Waals surface area contributed by atoms with E-state index in [0.717, 1.165) is 36.4 Å². The van der Waals surface area contributed by atoms with Crippen molar-refractivity contribution in [1.82, 2.24) is 10.6 Å². The van der Waals surface area contributed by atoms with Crippen molar-refractivity contribution in [2.75, 3.05) is 26.2 Å². The molecule has 0 heterocycles. The summed E-state index contributed by atoms with van der Waals surface area (Å²) >= 11 is 18.2. The van der Waals surface area contributed by atoms with Gasteiger partial charge in [-0.15, -0.1) is 24.8 Å². The average Bonchev–Trinajstić information content (AvgIpc) is 2.61. The molecule has 0 radical (unpaired) electrons. The highest BCUT2D eigenvalue weighted by Crippen LogP contribution is 2.26. The Labute approximate surface area is 193 Å². The van der Waals surface area contributed by atoms with Gasteiger partial charge in [0.15, 0.2) is 0 Å². The maximum atomic E-state index is 8.72. The quantitative estimate of drug-likeness (QED) is 0.382. The molecule has 0 aliphatic rings. The van der Waals surface area contributed by atoms with E-state index in [1.807, 2.05) is 24.3 Å². The largest absolute Gasteiger partial charge is 0.489 e. The second-order valence-electron chi connectivity index (χ2n) is 5.78. The van der Waals surface area contributed by atoms with Gasteiger partial charge in [0.2, 0.25) is 0 Å². The van der Waals surface area contributed by atoms with Crippen LogP contribution in [0.15, 0.2) is 36.4 Å². The summed E-state index contributed by atoms with van der Waals surface area (Å²) in [6, 6.07) is 10.9. The fourth-order valence-electron chi connectivity index (χ4n) is 2.39. The molecule has 28 heavy (non-hydrogen) atoms. The Balaban J connectivity index is 0.00000364. The van der Waals surface area contributed by atoms with Gasteiger partial charge in [0.1, 0.15) is 12.4 Å². The predicted octanol–water partition coefficient (Wildman–Crippen LogP) is 5.13. The zero-order valence-corrected chi connectivity index (χ0v) is 19.1. The van der Waals surface area contributed by atoms with Gasteiger partial charge in [0, 0.05) is 39.3 Å². The van der Waals surface area contributed by atoms with Crippen LogP contribution in [-0.2, 0) is 13.2 Å². The Morgan fingerprint density at radius 1 is 0.821 bits per heavy atom. The molecular weight excluding hydrogens is 465 g/mol. The molecule has 0 fully saturated rings. The Morgan fingerprint density at radius 2 is 1.50 bits per heavy atom. The molecule has 0 unspecified atom stereocenters. The summed E-state index contributed by atoms with van der Waals surface area (Å²) in [5, 5.41) is 17.1. The van der Waals surface area contributed by atoms with Gasteiger partial charge in [0.05, 0.1) is 6.61 Å². The van der Waals surface area contributed by atoms with E-state index in [4.69, 9.17) is 44.6 Å². The van der Waals surface area contributed by atoms with Crippen LogP contribution >= 0.6 is 59.6 Å². The Hall–Kier alpha value is -0.430. The smallest absolute Gasteiger partial charge is 0.124 e. The lowest BCUT2D eigenvalue weighted by molar-refractivity contribution is 0.292. The predicted molar refractivity (Wildman–Crippen MR) is 123 cm³/mol. The van der Waals surface area contributed by atoms with E-state index >= 15 is 0 Å². The van der Waals surface area contributed by atoms with Gasteiger partial charge in [0.25, 0.3) is 0 Å². The molecule has 0 aliphatic carbocycles. The number of hydrogen-bond donors (Lipinski definition) is 3. The number of rotatable bonds is 11. The molecule has 0 amide bonds. The minimum Gasteiger partial charge on any atom is -0.489 e. The third-order valence-electron chi connectivity index (χ3n) is 3.73. The number of aliphatic hydroxyl groups excluding tert-OH is 1. The highest BCUT2D eigenvalue weighted by Gasteiger charge is 2.07. The second-order valence-corrected chi connectivity index (χ2v) is 7.06. The number of aliphatic hydroxyl groups is 1. The van der Waals surface area contributed by atoms with Crippen molar-refractivity contribution in [3.8, 4) is 5.75 Å². The first-order chi connectivity index (χ1) is 12.6. The molecule has 2 aromatic rings. The van der Waals surface area contributed by atoms with Crippen LogP contribution in [0.4, 0.5) is 0 Å². The highest BCUT2D eigenvalue weighted by atomic mass is 35.5. The van der Waals surface area contributed by atoms with Crippen molar-refractivity contribution in [3.63, 3.8) is 0 Å². The third-order valence-corrected chi connectivity index (χ3v) is 4.55. The zero-order chi connectivity index (χ0) is 18.8. The summed E-state index contributed by atoms with van der Waals surface area (Å²) in [6.45, 7) is 3.52. The highest BCUT2D eigenvalue weighted by molar-refractivity contribution is 6.35. The zero-order valence-electron chi connectivity index (χ0n) is 15.2. The van der Waals surface area contributed by atoms with Crippen LogP contribution in [0.25, 0.3) is 0 Å². The van der Waals surface area contributed by atoms with Gasteiger partial charge >= 0.3 is 0 Å². The van der Waals surface area contributed by atoms with Gasteiger partial charge in [-0.05, 0) is 49.8 Å². The van der Waals surface area contributed by atoms with E-state index in [-0.39, 0.29) is 31.4 Å². The molecule has 2 aromatic carbocycles. The van der Waals surface area contributed by atoms with Crippen LogP contribution in [0, 0.1) is 0 Å². The molecule has 0 aromatic heterocycles. The minimum atomic E-state index is 0. The van der Waals surface area contributed by atoms with Crippen LogP contribution in [-0.4, -0.2) is 31.3 Å². The molecule has 158 valence electrons. The Morgan fingerprint density at radius 3 is 2.21 bits per heavy atom. The van der Waals surface area contributed by atoms with Crippen molar-refractivity contribution in [2.24, 2.45) is 0 Å². The van der Waals surface area contributed by atoms with Crippen molar-refractivity contribution >= 4 is 59.6 Å². The number of halogens is 5. The summed E-state index contributed by atoms with van der Waals surface area (Å²) in [7, 11) is 0. The molecule has 9 heteroatoms. The van der Waals surface area contributed by atoms with Gasteiger partial charge in [-0.25, -0.2) is 0 Å². The van der Waals surface area contributed by atoms with Crippen molar-refractivity contribution in [3.05, 3.63) is 62.6 Å². The van der Waals surface area contributed by atoms with Crippen LogP contribution in [0.2, 0.25) is 15.1 Å². The van der Waals surface area contributed by atoms with E-state index < -0.39 is 0 Å². The average molecular weight is 491 g/mol. The van der Waals surface area contributed by atoms with E-state index in [9.17, 15) is 0 Å². The van der Waals surface area contributed by atoms with Gasteiger partial charge in [-0.3, -0.25) is 0 Å². The SMILES string of the molecule is Cl.Cl.OCCNCCCNCc1cc(Cl)ccc1OCc1ccc(Cl)cc1Cl. The normalized spacial score (nSPS) is 10.1. The van der Waals surface area contributed by atoms with Crippen molar-refractivity contribution < 1.29 is 9.84 Å². The molecule has 0 saturated carbocycles. The minimum absolute atomic E-state index is 0. The van der Waals surface area contributed by atoms with Crippen LogP contribution in [0.5, 0.6) is 5.75 Å². The van der Waals surface area contributed by atoms with E-state index in [2.05, 4.69) is 10.6 Å². The van der Waals surface area contributed by atoms with E-state index in [1.165, 1.54) is 0 Å². The first-order valence-corrected chi connectivity index (χ1v) is 9.61. The molecular formula is C19H25Cl5N2O2. The number of hydrogen-bond acceptors (Lipinski definition) is 4. The lowest BCUT2D eigenvalue weighted by Crippen LogP contribution is -2.24. The first-order valence-electron chi connectivity index (χ1n) is 8.47. The fraction of sp³-hybridized carbons (Fsp3) is 0.368. The third kappa shape index (κ3) is 9.86. The summed E-state index contributed by atoms with van der Waals surface area (Å²) in [5.41, 5.74) is 1.87. The molecule has 0 saturated heterocycles. The van der Waals surface area contributed by atoms with Crippen LogP contribution < -0.4 is 15.4 Å². The fourth-order valence-corrected chi connectivity index (χ4v) is 3.04. The summed E-state index contributed by atoms with van der Waals surface area (Å²) < 4.78 is 5.94. The molecule has 0 aliphatic heterocycles. The van der Waals surface area contributed by atoms with Gasteiger partial charge < -0.3 is 20.5 Å². The molecule has 2 rings (SSSR count). The number of nitrogens with one attached hydrogen (secondary N) is 2. The van der Waals surface area contributed by atoms with E-state index in [1.54, 1.807) is 12.1 Å². The standard InChI is InChI=1S/C19H23Cl3N2O2.2ClH/c20-16-4-5-19(26-13-14-2-3-17(21)11-18(14)22)15(10-16)12-24-7-1-6-23-8-9-25;;/h2-5,10-11,23-25H,1,6-9,12-13H2;2*1H. The summed E-state index contributed by atoms with van der Waals surface area (Å²) in [4.78, 5) is 0. The van der Waals surface area contributed by atoms with Crippen molar-refractivity contribution in [1.29, 1.82) is 0 Å². The lowest BCUT2D eigenvalue weighted by Gasteiger charge is -2.14. The lowest BCUT2D eigenvalue weighted by atomic mass is 10.2. The maximum absolute atomic E-state index is 8.72. The number of benzene rings is 2. The van der Waals surface area contributed by atoms with Crippen molar-refractivity contribution in [2.45, 2.75) is 19.6 Å². The maximum Gasteiger partial charge on any atom is 0.124 e. The van der Waals surface area contributed by atoms with Gasteiger partial charge in [-0.1, -0.05) is 40.9 Å². The molecule has 3 N–H and O–H groups in total. The monoisotopic (exact) mass is 488 g/mol. The summed E-state index contributed by atoms with van der Waals surface area (Å²) in [5.74, 6) is 0.770. The second kappa shape index (κ2) is 15.4. The molecule has 4 nitrogen and oxygen atoms in total. The topological polar surface area (TPSA) is 53.5 Å². The number of ether oxygens (including phenoxy) is 1. The van der Waals surface area contributed by atoms with E-state index in [0.29, 0.717) is 34.8 Å². The molecule has 0 spiro atoms. The van der Waals surface area contributed by atoms with Crippen LogP contribution in [0.3, 0.4) is 0 Å². The van der Waals surface area contributed by atoms with Crippen LogP contribution in [0.1, 0.15) is 17.5 Å². The summed E-state index contributed by atoms with van der Waals surface area (Å²) in [6.07, 6.45) is 0.969. The molecule has 0 bridgehead atoms. The molecule has 0 atom stereocenters.